The fourth-order valence-corrected chi connectivity index (χ4v) is 2.12. The van der Waals surface area contributed by atoms with Gasteiger partial charge in [0, 0.05) is 9.43 Å². The van der Waals surface area contributed by atoms with Crippen molar-refractivity contribution in [2.75, 3.05) is 5.75 Å². The lowest BCUT2D eigenvalue weighted by atomic mass is 10.1. The third-order valence-corrected chi connectivity index (χ3v) is 3.31. The van der Waals surface area contributed by atoms with Crippen LogP contribution in [0.5, 0.6) is 5.75 Å². The molecule has 1 aromatic rings. The molecule has 6 nitrogen and oxygen atoms in total. The lowest BCUT2D eigenvalue weighted by molar-refractivity contribution is -0.274. The van der Waals surface area contributed by atoms with Gasteiger partial charge in [0.15, 0.2) is 0 Å². The Morgan fingerprint density at radius 3 is 2.35 bits per heavy atom. The molecule has 10 heteroatoms. The maximum Gasteiger partial charge on any atom is 0.573 e. The van der Waals surface area contributed by atoms with E-state index in [2.05, 4.69) is 14.2 Å². The molecular formula is C10H10F3N3O3S. The van der Waals surface area contributed by atoms with Gasteiger partial charge >= 0.3 is 6.36 Å². The van der Waals surface area contributed by atoms with E-state index in [1.807, 2.05) is 0 Å². The second-order valence-corrected chi connectivity index (χ2v) is 5.49. The lowest BCUT2D eigenvalue weighted by Crippen LogP contribution is -2.17. The minimum atomic E-state index is -4.75. The molecule has 0 amide bonds. The van der Waals surface area contributed by atoms with E-state index in [9.17, 15) is 21.6 Å². The average Bonchev–Trinajstić information content (AvgIpc) is 2.29. The van der Waals surface area contributed by atoms with Gasteiger partial charge in [-0.25, -0.2) is 8.42 Å². The summed E-state index contributed by atoms with van der Waals surface area (Å²) < 4.78 is 64.2. The monoisotopic (exact) mass is 309 g/mol. The molecule has 0 unspecified atom stereocenters. The zero-order valence-corrected chi connectivity index (χ0v) is 10.9. The molecule has 1 rings (SSSR count). The molecule has 0 aliphatic rings. The number of hydrogen-bond acceptors (Lipinski definition) is 3. The molecule has 0 N–H and O–H groups in total. The third kappa shape index (κ3) is 6.30. The highest BCUT2D eigenvalue weighted by atomic mass is 32.2. The van der Waals surface area contributed by atoms with Gasteiger partial charge in [0.2, 0.25) is 10.0 Å². The van der Waals surface area contributed by atoms with E-state index in [1.54, 1.807) is 0 Å². The van der Waals surface area contributed by atoms with E-state index >= 15 is 0 Å². The molecule has 1 aromatic carbocycles. The Morgan fingerprint density at radius 1 is 1.25 bits per heavy atom. The van der Waals surface area contributed by atoms with E-state index in [-0.39, 0.29) is 17.9 Å². The Bertz CT molecular complexity index is 592. The van der Waals surface area contributed by atoms with Gasteiger partial charge in [0.25, 0.3) is 0 Å². The highest BCUT2D eigenvalue weighted by Gasteiger charge is 2.30. The molecule has 110 valence electrons. The van der Waals surface area contributed by atoms with Crippen molar-refractivity contribution in [3.8, 4) is 5.75 Å². The van der Waals surface area contributed by atoms with Crippen molar-refractivity contribution < 1.29 is 26.3 Å². The molecule has 0 spiro atoms. The minimum absolute atomic E-state index is 0.195. The number of hydrogen-bond donors (Lipinski definition) is 0. The van der Waals surface area contributed by atoms with Crippen LogP contribution >= 0.6 is 0 Å². The van der Waals surface area contributed by atoms with Crippen molar-refractivity contribution in [3.05, 3.63) is 40.3 Å². The smallest absolute Gasteiger partial charge is 0.406 e. The molecule has 0 fully saturated rings. The van der Waals surface area contributed by atoms with Gasteiger partial charge in [-0.1, -0.05) is 12.1 Å². The molecule has 0 aliphatic heterocycles. The van der Waals surface area contributed by atoms with Crippen LogP contribution in [0.2, 0.25) is 0 Å². The summed E-state index contributed by atoms with van der Waals surface area (Å²) in [4.78, 5) is 2.19. The number of azide groups is 1. The molecule has 0 aliphatic carbocycles. The van der Waals surface area contributed by atoms with Gasteiger partial charge in [-0.05, 0) is 36.1 Å². The fraction of sp³-hybridized carbons (Fsp3) is 0.400. The number of sulfonamides is 1. The molecular weight excluding hydrogens is 299 g/mol. The van der Waals surface area contributed by atoms with Crippen molar-refractivity contribution in [2.24, 2.45) is 4.52 Å². The van der Waals surface area contributed by atoms with Crippen LogP contribution in [-0.2, 0) is 16.4 Å². The fourth-order valence-electron chi connectivity index (χ4n) is 1.41. The van der Waals surface area contributed by atoms with Crippen LogP contribution in [0.1, 0.15) is 12.0 Å². The van der Waals surface area contributed by atoms with Crippen molar-refractivity contribution in [1.82, 2.24) is 0 Å². The maximum atomic E-state index is 11.9. The quantitative estimate of drug-likeness (QED) is 0.459. The van der Waals surface area contributed by atoms with E-state index in [4.69, 9.17) is 5.53 Å². The molecule has 0 aromatic heterocycles. The Kier molecular flexibility index (Phi) is 5.23. The van der Waals surface area contributed by atoms with Crippen LogP contribution < -0.4 is 4.74 Å². The second-order valence-electron chi connectivity index (χ2n) is 3.75. The number of alkyl halides is 3. The molecule has 0 bridgehead atoms. The van der Waals surface area contributed by atoms with Gasteiger partial charge in [-0.3, -0.25) is 0 Å². The van der Waals surface area contributed by atoms with Crippen LogP contribution in [-0.4, -0.2) is 20.5 Å². The maximum absolute atomic E-state index is 11.9. The van der Waals surface area contributed by atoms with Crippen LogP contribution in [0, 0.1) is 0 Å². The summed E-state index contributed by atoms with van der Waals surface area (Å²) in [5, 5.41) is 0. The summed E-state index contributed by atoms with van der Waals surface area (Å²) in [6, 6.07) is 5.10. The molecule has 0 atom stereocenters. The van der Waals surface area contributed by atoms with Crippen molar-refractivity contribution in [1.29, 1.82) is 0 Å². The number of halogens is 3. The molecule has 0 saturated heterocycles. The summed E-state index contributed by atoms with van der Waals surface area (Å²) in [5.41, 5.74) is 8.66. The first-order valence-corrected chi connectivity index (χ1v) is 6.96. The Balaban J connectivity index is 2.52. The SMILES string of the molecule is [N-]=[N+]=NS(=O)(=O)CCCc1ccc(OC(F)(F)F)cc1. The molecule has 0 saturated carbocycles. The van der Waals surface area contributed by atoms with Gasteiger partial charge in [0.1, 0.15) is 5.75 Å². The van der Waals surface area contributed by atoms with Crippen molar-refractivity contribution in [2.45, 2.75) is 19.2 Å². The average molecular weight is 309 g/mol. The van der Waals surface area contributed by atoms with Crippen LogP contribution in [0.4, 0.5) is 13.2 Å². The Morgan fingerprint density at radius 2 is 1.85 bits per heavy atom. The van der Waals surface area contributed by atoms with Crippen molar-refractivity contribution >= 4 is 10.0 Å². The standard InChI is InChI=1S/C10H10F3N3O3S/c11-10(12,13)19-9-5-3-8(4-6-9)2-1-7-20(17,18)16-15-14/h3-6H,1-2,7H2. The molecule has 0 heterocycles. The summed E-state index contributed by atoms with van der Waals surface area (Å²) in [7, 11) is -3.80. The molecule has 20 heavy (non-hydrogen) atoms. The van der Waals surface area contributed by atoms with Gasteiger partial charge < -0.3 is 4.74 Å². The van der Waals surface area contributed by atoms with Crippen LogP contribution in [0.15, 0.2) is 28.8 Å². The summed E-state index contributed by atoms with van der Waals surface area (Å²) >= 11 is 0. The predicted molar refractivity (Wildman–Crippen MR) is 64.4 cm³/mol. The first-order chi connectivity index (χ1) is 9.22. The lowest BCUT2D eigenvalue weighted by Gasteiger charge is -2.09. The largest absolute Gasteiger partial charge is 0.573 e. The minimum Gasteiger partial charge on any atom is -0.406 e. The number of benzene rings is 1. The van der Waals surface area contributed by atoms with E-state index < -0.39 is 16.4 Å². The van der Waals surface area contributed by atoms with Crippen LogP contribution in [0.25, 0.3) is 10.4 Å². The van der Waals surface area contributed by atoms with Gasteiger partial charge in [0.05, 0.1) is 5.75 Å². The Hall–Kier alpha value is -1.93. The topological polar surface area (TPSA) is 92.1 Å². The van der Waals surface area contributed by atoms with E-state index in [0.29, 0.717) is 12.0 Å². The number of ether oxygens (including phenoxy) is 1. The number of aryl methyl sites for hydroxylation is 1. The summed E-state index contributed by atoms with van der Waals surface area (Å²) in [5.74, 6) is -0.666. The highest BCUT2D eigenvalue weighted by molar-refractivity contribution is 7.89. The summed E-state index contributed by atoms with van der Waals surface area (Å²) in [6.07, 6.45) is -4.22. The highest BCUT2D eigenvalue weighted by Crippen LogP contribution is 2.23. The zero-order chi connectivity index (χ0) is 15.2. The first-order valence-electron chi connectivity index (χ1n) is 5.35. The van der Waals surface area contributed by atoms with Gasteiger partial charge in [-0.2, -0.15) is 0 Å². The van der Waals surface area contributed by atoms with Gasteiger partial charge in [-0.15, -0.1) is 13.2 Å². The van der Waals surface area contributed by atoms with Crippen molar-refractivity contribution in [3.63, 3.8) is 0 Å². The van der Waals surface area contributed by atoms with Crippen LogP contribution in [0.3, 0.4) is 0 Å². The second kappa shape index (κ2) is 6.49. The predicted octanol–water partition coefficient (Wildman–Crippen LogP) is 3.16. The normalized spacial score (nSPS) is 11.8. The summed E-state index contributed by atoms with van der Waals surface area (Å²) in [6.45, 7) is 0. The zero-order valence-electron chi connectivity index (χ0n) is 10.0. The number of rotatable bonds is 6. The number of nitrogens with zero attached hydrogens (tertiary/aromatic N) is 3. The van der Waals surface area contributed by atoms with E-state index in [1.165, 1.54) is 12.1 Å². The van der Waals surface area contributed by atoms with E-state index in [0.717, 1.165) is 12.1 Å². The third-order valence-electron chi connectivity index (χ3n) is 2.19. The first kappa shape index (κ1) is 16.1. The Labute approximate surface area is 112 Å². The molecule has 0 radical (unpaired) electrons.